The third-order valence-corrected chi connectivity index (χ3v) is 3.96. The molecule has 1 aromatic heterocycles. The van der Waals surface area contributed by atoms with Gasteiger partial charge in [0.1, 0.15) is 5.82 Å². The Bertz CT molecular complexity index is 361. The van der Waals surface area contributed by atoms with Gasteiger partial charge in [0, 0.05) is 12.0 Å². The predicted molar refractivity (Wildman–Crippen MR) is 64.4 cm³/mol. The monoisotopic (exact) mass is 220 g/mol. The standard InChI is InChI=1S/C12H20N4/c13-12-8-11(9-2-1-3-9)15-16(12)10-4-6-14-7-5-10/h8-10,14H,1-7,13H2. The molecule has 3 rings (SSSR count). The minimum absolute atomic E-state index is 0.509. The van der Waals surface area contributed by atoms with Crippen molar-refractivity contribution in [2.75, 3.05) is 18.8 Å². The third-order valence-electron chi connectivity index (χ3n) is 3.96. The first-order valence-corrected chi connectivity index (χ1v) is 6.40. The summed E-state index contributed by atoms with van der Waals surface area (Å²) in [4.78, 5) is 0. The molecule has 0 radical (unpaired) electrons. The molecule has 88 valence electrons. The van der Waals surface area contributed by atoms with Crippen molar-refractivity contribution in [2.45, 2.75) is 44.1 Å². The zero-order chi connectivity index (χ0) is 11.0. The van der Waals surface area contributed by atoms with Gasteiger partial charge >= 0.3 is 0 Å². The molecule has 1 aliphatic carbocycles. The summed E-state index contributed by atoms with van der Waals surface area (Å²) in [6.45, 7) is 2.17. The van der Waals surface area contributed by atoms with Crippen LogP contribution in [0.4, 0.5) is 5.82 Å². The van der Waals surface area contributed by atoms with Gasteiger partial charge in [0.2, 0.25) is 0 Å². The summed E-state index contributed by atoms with van der Waals surface area (Å²) in [6.07, 6.45) is 6.24. The number of nitrogens with zero attached hydrogens (tertiary/aromatic N) is 2. The molecule has 1 saturated carbocycles. The van der Waals surface area contributed by atoms with Crippen LogP contribution in [0.3, 0.4) is 0 Å². The van der Waals surface area contributed by atoms with Crippen molar-refractivity contribution >= 4 is 5.82 Å². The molecule has 16 heavy (non-hydrogen) atoms. The first kappa shape index (κ1) is 10.1. The van der Waals surface area contributed by atoms with Crippen LogP contribution in [-0.4, -0.2) is 22.9 Å². The van der Waals surface area contributed by atoms with E-state index in [0.717, 1.165) is 31.7 Å². The first-order valence-electron chi connectivity index (χ1n) is 6.40. The lowest BCUT2D eigenvalue weighted by Gasteiger charge is -2.25. The lowest BCUT2D eigenvalue weighted by Crippen LogP contribution is -2.30. The minimum Gasteiger partial charge on any atom is -0.384 e. The van der Waals surface area contributed by atoms with Gasteiger partial charge in [0.05, 0.1) is 11.7 Å². The lowest BCUT2D eigenvalue weighted by atomic mass is 9.83. The molecule has 0 bridgehead atoms. The van der Waals surface area contributed by atoms with Gasteiger partial charge < -0.3 is 11.1 Å². The third kappa shape index (κ3) is 1.71. The fraction of sp³-hybridized carbons (Fsp3) is 0.750. The number of nitrogen functional groups attached to an aromatic ring is 1. The highest BCUT2D eigenvalue weighted by atomic mass is 15.3. The summed E-state index contributed by atoms with van der Waals surface area (Å²) in [5.74, 6) is 1.54. The van der Waals surface area contributed by atoms with E-state index in [-0.39, 0.29) is 0 Å². The Morgan fingerprint density at radius 1 is 1.25 bits per heavy atom. The van der Waals surface area contributed by atoms with Crippen molar-refractivity contribution in [3.8, 4) is 0 Å². The summed E-state index contributed by atoms with van der Waals surface area (Å²) in [7, 11) is 0. The first-order chi connectivity index (χ1) is 7.84. The van der Waals surface area contributed by atoms with E-state index in [9.17, 15) is 0 Å². The normalized spacial score (nSPS) is 23.2. The van der Waals surface area contributed by atoms with E-state index < -0.39 is 0 Å². The Balaban J connectivity index is 1.79. The van der Waals surface area contributed by atoms with E-state index in [2.05, 4.69) is 16.1 Å². The van der Waals surface area contributed by atoms with Crippen LogP contribution in [0.1, 0.15) is 49.8 Å². The van der Waals surface area contributed by atoms with Crippen LogP contribution >= 0.6 is 0 Å². The van der Waals surface area contributed by atoms with Crippen LogP contribution in [-0.2, 0) is 0 Å². The van der Waals surface area contributed by atoms with Crippen molar-refractivity contribution in [1.29, 1.82) is 0 Å². The van der Waals surface area contributed by atoms with E-state index in [0.29, 0.717) is 12.0 Å². The van der Waals surface area contributed by atoms with Crippen LogP contribution in [0.15, 0.2) is 6.07 Å². The van der Waals surface area contributed by atoms with Gasteiger partial charge in [-0.3, -0.25) is 0 Å². The maximum atomic E-state index is 6.07. The van der Waals surface area contributed by atoms with Gasteiger partial charge in [-0.2, -0.15) is 5.10 Å². The highest BCUT2D eigenvalue weighted by Crippen LogP contribution is 2.37. The number of nitrogens with one attached hydrogen (secondary N) is 1. The molecule has 2 aliphatic rings. The van der Waals surface area contributed by atoms with Crippen molar-refractivity contribution in [1.82, 2.24) is 15.1 Å². The molecule has 4 nitrogen and oxygen atoms in total. The molecule has 2 fully saturated rings. The lowest BCUT2D eigenvalue weighted by molar-refractivity contribution is 0.338. The van der Waals surface area contributed by atoms with Gasteiger partial charge in [-0.25, -0.2) is 4.68 Å². The highest BCUT2D eigenvalue weighted by molar-refractivity contribution is 5.33. The molecular formula is C12H20N4. The number of anilines is 1. The van der Waals surface area contributed by atoms with E-state index in [1.54, 1.807) is 0 Å². The fourth-order valence-electron chi connectivity index (χ4n) is 2.68. The number of aromatic nitrogens is 2. The fourth-order valence-corrected chi connectivity index (χ4v) is 2.68. The van der Waals surface area contributed by atoms with Crippen molar-refractivity contribution in [3.63, 3.8) is 0 Å². The Labute approximate surface area is 96.2 Å². The average Bonchev–Trinajstić information content (AvgIpc) is 2.59. The van der Waals surface area contributed by atoms with Gasteiger partial charge in [-0.1, -0.05) is 6.42 Å². The van der Waals surface area contributed by atoms with Gasteiger partial charge in [0.25, 0.3) is 0 Å². The Kier molecular flexibility index (Phi) is 2.59. The largest absolute Gasteiger partial charge is 0.384 e. The average molecular weight is 220 g/mol. The topological polar surface area (TPSA) is 55.9 Å². The zero-order valence-corrected chi connectivity index (χ0v) is 9.65. The second kappa shape index (κ2) is 4.09. The smallest absolute Gasteiger partial charge is 0.122 e. The number of piperidine rings is 1. The molecule has 0 spiro atoms. The quantitative estimate of drug-likeness (QED) is 0.797. The van der Waals surface area contributed by atoms with Gasteiger partial charge in [-0.15, -0.1) is 0 Å². The molecule has 1 aliphatic heterocycles. The van der Waals surface area contributed by atoms with Crippen molar-refractivity contribution in [2.24, 2.45) is 0 Å². The summed E-state index contributed by atoms with van der Waals surface area (Å²) >= 11 is 0. The van der Waals surface area contributed by atoms with Crippen molar-refractivity contribution in [3.05, 3.63) is 11.8 Å². The molecular weight excluding hydrogens is 200 g/mol. The van der Waals surface area contributed by atoms with Crippen LogP contribution in [0.25, 0.3) is 0 Å². The number of nitrogens with two attached hydrogens (primary N) is 1. The SMILES string of the molecule is Nc1cc(C2CCC2)nn1C1CCNCC1. The van der Waals surface area contributed by atoms with Crippen LogP contribution in [0.5, 0.6) is 0 Å². The van der Waals surface area contributed by atoms with E-state index in [1.807, 2.05) is 0 Å². The van der Waals surface area contributed by atoms with E-state index >= 15 is 0 Å². The Morgan fingerprint density at radius 2 is 2.00 bits per heavy atom. The maximum Gasteiger partial charge on any atom is 0.122 e. The summed E-state index contributed by atoms with van der Waals surface area (Å²) in [5, 5.41) is 8.09. The van der Waals surface area contributed by atoms with E-state index in [4.69, 9.17) is 10.8 Å². The zero-order valence-electron chi connectivity index (χ0n) is 9.65. The molecule has 0 unspecified atom stereocenters. The molecule has 0 atom stereocenters. The molecule has 0 aromatic carbocycles. The Morgan fingerprint density at radius 3 is 2.62 bits per heavy atom. The molecule has 2 heterocycles. The van der Waals surface area contributed by atoms with Crippen molar-refractivity contribution < 1.29 is 0 Å². The van der Waals surface area contributed by atoms with Crippen LogP contribution in [0.2, 0.25) is 0 Å². The second-order valence-electron chi connectivity index (χ2n) is 5.05. The summed E-state index contributed by atoms with van der Waals surface area (Å²) < 4.78 is 2.06. The molecule has 3 N–H and O–H groups in total. The number of rotatable bonds is 2. The van der Waals surface area contributed by atoms with Gasteiger partial charge in [-0.05, 0) is 38.8 Å². The maximum absolute atomic E-state index is 6.07. The van der Waals surface area contributed by atoms with Gasteiger partial charge in [0.15, 0.2) is 0 Å². The Hall–Kier alpha value is -1.03. The molecule has 0 amide bonds. The summed E-state index contributed by atoms with van der Waals surface area (Å²) in [5.41, 5.74) is 7.29. The summed E-state index contributed by atoms with van der Waals surface area (Å²) in [6, 6.07) is 2.60. The highest BCUT2D eigenvalue weighted by Gasteiger charge is 2.25. The molecule has 1 saturated heterocycles. The van der Waals surface area contributed by atoms with E-state index in [1.165, 1.54) is 25.0 Å². The number of hydrogen-bond acceptors (Lipinski definition) is 3. The second-order valence-corrected chi connectivity index (χ2v) is 5.05. The number of hydrogen-bond donors (Lipinski definition) is 2. The molecule has 1 aromatic rings. The van der Waals surface area contributed by atoms with Crippen LogP contribution < -0.4 is 11.1 Å². The minimum atomic E-state index is 0.509. The molecule has 4 heteroatoms. The van der Waals surface area contributed by atoms with Crippen LogP contribution in [0, 0.1) is 0 Å². The predicted octanol–water partition coefficient (Wildman–Crippen LogP) is 1.66.